The van der Waals surface area contributed by atoms with Gasteiger partial charge in [0, 0.05) is 17.1 Å². The van der Waals surface area contributed by atoms with Gasteiger partial charge in [-0.1, -0.05) is 26.2 Å². The summed E-state index contributed by atoms with van der Waals surface area (Å²) in [5, 5.41) is 7.46. The average Bonchev–Trinajstić information content (AvgIpc) is 2.12. The summed E-state index contributed by atoms with van der Waals surface area (Å²) >= 11 is 0. The Kier molecular flexibility index (Phi) is 5.46. The van der Waals surface area contributed by atoms with E-state index in [-0.39, 0.29) is 11.1 Å². The van der Waals surface area contributed by atoms with E-state index in [4.69, 9.17) is 0 Å². The van der Waals surface area contributed by atoms with Crippen LogP contribution in [-0.4, -0.2) is 23.7 Å². The van der Waals surface area contributed by atoms with Crippen molar-refractivity contribution in [3.05, 3.63) is 6.92 Å². The number of rotatable bonds is 6. The topological polar surface area (TPSA) is 24.1 Å². The molecule has 0 amide bonds. The molecule has 1 radical (unpaired) electrons. The highest BCUT2D eigenvalue weighted by Gasteiger charge is 2.37. The van der Waals surface area contributed by atoms with Gasteiger partial charge in [-0.25, -0.2) is 0 Å². The molecule has 0 atom stereocenters. The van der Waals surface area contributed by atoms with E-state index in [2.05, 4.69) is 45.3 Å². The Morgan fingerprint density at radius 1 is 1.06 bits per heavy atom. The Hall–Kier alpha value is -0.0800. The summed E-state index contributed by atoms with van der Waals surface area (Å²) in [6, 6.07) is 0.668. The van der Waals surface area contributed by atoms with Crippen molar-refractivity contribution in [1.82, 2.24) is 10.6 Å². The van der Waals surface area contributed by atoms with Gasteiger partial charge in [-0.05, 0) is 53.5 Å². The standard InChI is InChI=1S/C15H31N2/c1-6-7-8-9-10-16-13-11-14(2,3)17-15(4,5)12-13/h13,16-17H,1,6-12H2,2-5H3. The third-order valence-corrected chi connectivity index (χ3v) is 3.55. The van der Waals surface area contributed by atoms with Gasteiger partial charge in [-0.2, -0.15) is 0 Å². The smallest absolute Gasteiger partial charge is 0.0144 e. The lowest BCUT2D eigenvalue weighted by molar-refractivity contribution is 0.146. The molecule has 0 aromatic rings. The van der Waals surface area contributed by atoms with E-state index in [0.29, 0.717) is 6.04 Å². The van der Waals surface area contributed by atoms with Crippen molar-refractivity contribution in [3.63, 3.8) is 0 Å². The Morgan fingerprint density at radius 2 is 1.65 bits per heavy atom. The van der Waals surface area contributed by atoms with Gasteiger partial charge >= 0.3 is 0 Å². The minimum atomic E-state index is 0.257. The molecule has 2 heteroatoms. The third-order valence-electron chi connectivity index (χ3n) is 3.55. The van der Waals surface area contributed by atoms with Crippen LogP contribution in [0.25, 0.3) is 0 Å². The molecule has 1 aliphatic heterocycles. The van der Waals surface area contributed by atoms with E-state index in [1.165, 1.54) is 32.1 Å². The van der Waals surface area contributed by atoms with E-state index < -0.39 is 0 Å². The zero-order valence-corrected chi connectivity index (χ0v) is 12.2. The lowest BCUT2D eigenvalue weighted by Gasteiger charge is -2.46. The number of hydrogen-bond acceptors (Lipinski definition) is 2. The molecule has 1 fully saturated rings. The van der Waals surface area contributed by atoms with Crippen molar-refractivity contribution in [3.8, 4) is 0 Å². The van der Waals surface area contributed by atoms with Crippen LogP contribution in [-0.2, 0) is 0 Å². The molecule has 0 saturated carbocycles. The summed E-state index contributed by atoms with van der Waals surface area (Å²) in [5.74, 6) is 0. The molecule has 0 unspecified atom stereocenters. The Balaban J connectivity index is 2.28. The molecule has 1 saturated heterocycles. The Bertz CT molecular complexity index is 205. The highest BCUT2D eigenvalue weighted by Crippen LogP contribution is 2.28. The number of hydrogen-bond donors (Lipinski definition) is 2. The molecule has 101 valence electrons. The maximum absolute atomic E-state index is 3.88. The van der Waals surface area contributed by atoms with E-state index in [0.717, 1.165) is 13.0 Å². The fraction of sp³-hybridized carbons (Fsp3) is 0.933. The Morgan fingerprint density at radius 3 is 2.18 bits per heavy atom. The predicted molar refractivity (Wildman–Crippen MR) is 76.1 cm³/mol. The van der Waals surface area contributed by atoms with Gasteiger partial charge in [0.2, 0.25) is 0 Å². The van der Waals surface area contributed by atoms with Crippen LogP contribution in [0.3, 0.4) is 0 Å². The van der Waals surface area contributed by atoms with Gasteiger partial charge in [0.15, 0.2) is 0 Å². The molecule has 0 bridgehead atoms. The molecule has 1 heterocycles. The fourth-order valence-electron chi connectivity index (χ4n) is 3.25. The average molecular weight is 239 g/mol. The summed E-state index contributed by atoms with van der Waals surface area (Å²) in [6.07, 6.45) is 7.41. The minimum absolute atomic E-state index is 0.257. The fourth-order valence-corrected chi connectivity index (χ4v) is 3.25. The zero-order chi connectivity index (χ0) is 12.9. The second-order valence-electron chi connectivity index (χ2n) is 6.87. The highest BCUT2D eigenvalue weighted by molar-refractivity contribution is 4.99. The maximum Gasteiger partial charge on any atom is 0.0144 e. The van der Waals surface area contributed by atoms with Crippen LogP contribution in [0.15, 0.2) is 0 Å². The molecule has 17 heavy (non-hydrogen) atoms. The summed E-state index contributed by atoms with van der Waals surface area (Å²) in [5.41, 5.74) is 0.513. The van der Waals surface area contributed by atoms with E-state index in [1.54, 1.807) is 0 Å². The lowest BCUT2D eigenvalue weighted by atomic mass is 9.79. The number of unbranched alkanes of at least 4 members (excludes halogenated alkanes) is 3. The van der Waals surface area contributed by atoms with Gasteiger partial charge in [-0.15, -0.1) is 0 Å². The predicted octanol–water partition coefficient (Wildman–Crippen LogP) is 3.28. The molecular weight excluding hydrogens is 208 g/mol. The molecule has 2 nitrogen and oxygen atoms in total. The monoisotopic (exact) mass is 239 g/mol. The van der Waals surface area contributed by atoms with Gasteiger partial charge in [0.05, 0.1) is 0 Å². The highest BCUT2D eigenvalue weighted by atomic mass is 15.1. The Labute approximate surface area is 108 Å². The summed E-state index contributed by atoms with van der Waals surface area (Å²) in [7, 11) is 0. The summed E-state index contributed by atoms with van der Waals surface area (Å²) in [6.45, 7) is 14.3. The minimum Gasteiger partial charge on any atom is -0.314 e. The maximum atomic E-state index is 3.88. The van der Waals surface area contributed by atoms with Crippen molar-refractivity contribution >= 4 is 0 Å². The molecule has 0 spiro atoms. The van der Waals surface area contributed by atoms with Gasteiger partial charge < -0.3 is 10.6 Å². The van der Waals surface area contributed by atoms with Crippen molar-refractivity contribution in [2.45, 2.75) is 83.3 Å². The molecule has 2 N–H and O–H groups in total. The van der Waals surface area contributed by atoms with Crippen molar-refractivity contribution in [2.24, 2.45) is 0 Å². The van der Waals surface area contributed by atoms with E-state index in [9.17, 15) is 0 Å². The van der Waals surface area contributed by atoms with Gasteiger partial charge in [0.25, 0.3) is 0 Å². The first-order valence-electron chi connectivity index (χ1n) is 7.17. The van der Waals surface area contributed by atoms with Crippen LogP contribution in [0.5, 0.6) is 0 Å². The molecule has 0 aromatic heterocycles. The van der Waals surface area contributed by atoms with Crippen LogP contribution in [0.4, 0.5) is 0 Å². The number of piperidine rings is 1. The number of nitrogens with one attached hydrogen (secondary N) is 2. The van der Waals surface area contributed by atoms with Gasteiger partial charge in [-0.3, -0.25) is 0 Å². The summed E-state index contributed by atoms with van der Waals surface area (Å²) in [4.78, 5) is 0. The molecule has 0 aliphatic carbocycles. The first-order chi connectivity index (χ1) is 7.85. The molecule has 0 aromatic carbocycles. The molecule has 1 rings (SSSR count). The quantitative estimate of drug-likeness (QED) is 0.695. The first-order valence-corrected chi connectivity index (χ1v) is 7.17. The van der Waals surface area contributed by atoms with Crippen molar-refractivity contribution in [2.75, 3.05) is 6.54 Å². The second kappa shape index (κ2) is 6.19. The SMILES string of the molecule is [CH2]CCCCCNC1CC(C)(C)NC(C)(C)C1. The van der Waals surface area contributed by atoms with Crippen LogP contribution < -0.4 is 10.6 Å². The second-order valence-corrected chi connectivity index (χ2v) is 6.87. The summed E-state index contributed by atoms with van der Waals surface area (Å²) < 4.78 is 0. The normalized spacial score (nSPS) is 23.8. The van der Waals surface area contributed by atoms with Crippen LogP contribution in [0.1, 0.15) is 66.2 Å². The van der Waals surface area contributed by atoms with Crippen molar-refractivity contribution in [1.29, 1.82) is 0 Å². The van der Waals surface area contributed by atoms with Crippen LogP contribution in [0, 0.1) is 6.92 Å². The van der Waals surface area contributed by atoms with E-state index >= 15 is 0 Å². The third kappa shape index (κ3) is 5.87. The molecular formula is C15H31N2. The van der Waals surface area contributed by atoms with Crippen molar-refractivity contribution < 1.29 is 0 Å². The lowest BCUT2D eigenvalue weighted by Crippen LogP contribution is -2.61. The van der Waals surface area contributed by atoms with E-state index in [1.807, 2.05) is 0 Å². The van der Waals surface area contributed by atoms with Crippen LogP contribution >= 0.6 is 0 Å². The first kappa shape index (κ1) is 15.0. The molecule has 1 aliphatic rings. The van der Waals surface area contributed by atoms with Crippen LogP contribution in [0.2, 0.25) is 0 Å². The zero-order valence-electron chi connectivity index (χ0n) is 12.2. The largest absolute Gasteiger partial charge is 0.314 e. The van der Waals surface area contributed by atoms with Gasteiger partial charge in [0.1, 0.15) is 0 Å².